The Morgan fingerprint density at radius 1 is 0.767 bits per heavy atom. The van der Waals surface area contributed by atoms with E-state index in [2.05, 4.69) is 65.3 Å². The molecule has 4 bridgehead atoms. The zero-order valence-corrected chi connectivity index (χ0v) is 25.3. The van der Waals surface area contributed by atoms with Crippen molar-refractivity contribution in [3.05, 3.63) is 41.4 Å². The molecule has 0 fully saturated rings. The zero-order chi connectivity index (χ0) is 20.7. The summed E-state index contributed by atoms with van der Waals surface area (Å²) in [6.45, 7) is 18.5. The van der Waals surface area contributed by atoms with Crippen LogP contribution in [0.3, 0.4) is 0 Å². The maximum Gasteiger partial charge on any atom is -1.00 e. The van der Waals surface area contributed by atoms with Gasteiger partial charge in [-0.25, -0.2) is 0 Å². The first-order valence-electron chi connectivity index (χ1n) is 10.1. The molecule has 2 aliphatic carbocycles. The molecule has 0 radical (unpaired) electrons. The topological polar surface area (TPSA) is 36.9 Å². The van der Waals surface area contributed by atoms with E-state index < -0.39 is 39.9 Å². The summed E-state index contributed by atoms with van der Waals surface area (Å²) in [6, 6.07) is 0. The standard InChI is InChI=1S/C21H34O4Si2.2ClH.Zr/c1-21(2,17-11-9-13-19(17)22-15-24-26(3,4)5)18-12-10-14-20(18)23-16-25-27(6,7)8;;;/h11-12H,9-10,15-16H2,1-8H3;2*1H;/q;;;+2/p-2. The quantitative estimate of drug-likeness (QED) is 0.302. The Bertz CT molecular complexity index is 713. The monoisotopic (exact) mass is 566 g/mol. The molecule has 1 heterocycles. The molecule has 168 valence electrons. The summed E-state index contributed by atoms with van der Waals surface area (Å²) in [7, 11) is -3.17. The average Bonchev–Trinajstić information content (AvgIpc) is 3.12. The van der Waals surface area contributed by atoms with Crippen LogP contribution in [0.15, 0.2) is 41.4 Å². The Hall–Kier alpha value is 0.377. The van der Waals surface area contributed by atoms with E-state index in [1.165, 1.54) is 17.7 Å². The molecule has 3 rings (SSSR count). The van der Waals surface area contributed by atoms with Gasteiger partial charge in [0.1, 0.15) is 0 Å². The maximum absolute atomic E-state index is 6.26. The molecular formula is C21H34Cl2O4Si2Zr. The van der Waals surface area contributed by atoms with Crippen LogP contribution in [0, 0.1) is 5.41 Å². The first-order valence-corrected chi connectivity index (χ1v) is 19.3. The smallest absolute Gasteiger partial charge is 1.00 e. The van der Waals surface area contributed by atoms with Crippen LogP contribution in [0.4, 0.5) is 0 Å². The van der Waals surface area contributed by atoms with Crippen molar-refractivity contribution in [2.45, 2.75) is 66.0 Å². The van der Waals surface area contributed by atoms with Crippen LogP contribution >= 0.6 is 0 Å². The molecule has 9 heteroatoms. The number of hydrogen-bond donors (Lipinski definition) is 0. The minimum Gasteiger partial charge on any atom is -1.00 e. The molecule has 0 aromatic heterocycles. The summed E-state index contributed by atoms with van der Waals surface area (Å²) in [6.07, 6.45) is 6.81. The van der Waals surface area contributed by atoms with Gasteiger partial charge >= 0.3 is 185 Å². The molecule has 0 aromatic carbocycles. The molecule has 0 spiro atoms. The zero-order valence-electron chi connectivity index (χ0n) is 19.4. The third kappa shape index (κ3) is 6.69. The van der Waals surface area contributed by atoms with Gasteiger partial charge in [-0.1, -0.05) is 0 Å². The Kier molecular flexibility index (Phi) is 9.98. The van der Waals surface area contributed by atoms with Crippen LogP contribution in [-0.4, -0.2) is 30.2 Å². The van der Waals surface area contributed by atoms with Gasteiger partial charge in [0.15, 0.2) is 0 Å². The largest absolute Gasteiger partial charge is 1.00 e. The van der Waals surface area contributed by atoms with Crippen LogP contribution in [0.25, 0.3) is 0 Å². The minimum absolute atomic E-state index is 0. The van der Waals surface area contributed by atoms with Gasteiger partial charge in [-0.05, 0) is 0 Å². The van der Waals surface area contributed by atoms with Crippen LogP contribution < -0.4 is 24.8 Å². The Balaban J connectivity index is 0.00000225. The molecule has 4 nitrogen and oxygen atoms in total. The second-order valence-corrected chi connectivity index (χ2v) is 22.7. The summed E-state index contributed by atoms with van der Waals surface area (Å²) in [4.78, 5) is 0. The van der Waals surface area contributed by atoms with E-state index in [0.29, 0.717) is 13.6 Å². The van der Waals surface area contributed by atoms with Crippen molar-refractivity contribution >= 4 is 16.6 Å². The van der Waals surface area contributed by atoms with Crippen molar-refractivity contribution < 1.29 is 66.4 Å². The molecule has 1 aliphatic heterocycles. The fourth-order valence-electron chi connectivity index (χ4n) is 3.59. The fourth-order valence-corrected chi connectivity index (χ4v) is 7.88. The molecule has 0 aromatic rings. The second kappa shape index (κ2) is 10.5. The fraction of sp³-hybridized carbons (Fsp3) is 0.619. The number of ether oxygens (including phenoxy) is 2. The molecule has 0 atom stereocenters. The minimum atomic E-state index is -1.58. The van der Waals surface area contributed by atoms with Crippen molar-refractivity contribution in [2.75, 3.05) is 13.6 Å². The van der Waals surface area contributed by atoms with E-state index in [1.54, 1.807) is 0 Å². The molecular weight excluding hydrogens is 535 g/mol. The van der Waals surface area contributed by atoms with Gasteiger partial charge in [-0.2, -0.15) is 0 Å². The van der Waals surface area contributed by atoms with Crippen LogP contribution in [0.5, 0.6) is 0 Å². The van der Waals surface area contributed by atoms with Crippen LogP contribution in [-0.2, 0) is 41.6 Å². The van der Waals surface area contributed by atoms with Gasteiger partial charge in [-0.3, -0.25) is 0 Å². The Labute approximate surface area is 208 Å². The Morgan fingerprint density at radius 3 is 1.47 bits per heavy atom. The molecule has 0 saturated carbocycles. The summed E-state index contributed by atoms with van der Waals surface area (Å²) in [5.74, 6) is 2.25. The summed E-state index contributed by atoms with van der Waals surface area (Å²) in [5, 5.41) is 0. The average molecular weight is 569 g/mol. The summed E-state index contributed by atoms with van der Waals surface area (Å²) < 4.78 is 27.5. The number of rotatable bonds is 8. The first kappa shape index (κ1) is 28.4. The van der Waals surface area contributed by atoms with Crippen molar-refractivity contribution in [3.8, 4) is 0 Å². The number of fused-ring (bicyclic) bond motifs is 2. The summed E-state index contributed by atoms with van der Waals surface area (Å²) >= 11 is -0.922. The molecule has 30 heavy (non-hydrogen) atoms. The molecule has 0 saturated heterocycles. The van der Waals surface area contributed by atoms with E-state index in [1.807, 2.05) is 0 Å². The van der Waals surface area contributed by atoms with Crippen LogP contribution in [0.1, 0.15) is 26.7 Å². The van der Waals surface area contributed by atoms with Gasteiger partial charge in [0, 0.05) is 0 Å². The number of allylic oxidation sites excluding steroid dienone is 6. The first-order chi connectivity index (χ1) is 12.9. The van der Waals surface area contributed by atoms with Crippen molar-refractivity contribution in [1.82, 2.24) is 0 Å². The number of hydrogen-bond acceptors (Lipinski definition) is 4. The van der Waals surface area contributed by atoms with Crippen molar-refractivity contribution in [1.29, 1.82) is 0 Å². The summed E-state index contributed by atoms with van der Waals surface area (Å²) in [5.41, 5.74) is 2.48. The van der Waals surface area contributed by atoms with Crippen molar-refractivity contribution in [2.24, 2.45) is 5.41 Å². The maximum atomic E-state index is 6.26. The number of halogens is 2. The Morgan fingerprint density at radius 2 is 1.13 bits per heavy atom. The third-order valence-corrected chi connectivity index (χ3v) is 10.7. The third-order valence-electron chi connectivity index (χ3n) is 5.10. The van der Waals surface area contributed by atoms with E-state index >= 15 is 0 Å². The molecule has 0 N–H and O–H groups in total. The van der Waals surface area contributed by atoms with E-state index in [9.17, 15) is 0 Å². The normalized spacial score (nSPS) is 19.5. The van der Waals surface area contributed by atoms with Gasteiger partial charge in [-0.15, -0.1) is 0 Å². The van der Waals surface area contributed by atoms with E-state index in [4.69, 9.17) is 18.3 Å². The van der Waals surface area contributed by atoms with E-state index in [0.717, 1.165) is 24.4 Å². The van der Waals surface area contributed by atoms with Gasteiger partial charge in [0.25, 0.3) is 0 Å². The molecule has 0 unspecified atom stereocenters. The predicted molar refractivity (Wildman–Crippen MR) is 114 cm³/mol. The second-order valence-electron chi connectivity index (χ2n) is 10.0. The van der Waals surface area contributed by atoms with Crippen LogP contribution in [0.2, 0.25) is 39.3 Å². The molecule has 3 aliphatic rings. The van der Waals surface area contributed by atoms with Gasteiger partial charge in [0.05, 0.1) is 0 Å². The van der Waals surface area contributed by atoms with Gasteiger partial charge in [0.2, 0.25) is 0 Å². The van der Waals surface area contributed by atoms with Gasteiger partial charge < -0.3 is 24.8 Å². The predicted octanol–water partition coefficient (Wildman–Crippen LogP) is -0.149. The SMILES string of the molecule is CC1(C)C2=CC[C](=C2OCO[Si](C)(C)C)[Zr+2][C]2=C(OCO[Si](C)(C)C)C1=CC2.[Cl-].[Cl-]. The van der Waals surface area contributed by atoms with Crippen molar-refractivity contribution in [3.63, 3.8) is 0 Å². The van der Waals surface area contributed by atoms with E-state index in [-0.39, 0.29) is 30.2 Å². The molecule has 0 amide bonds.